The summed E-state index contributed by atoms with van der Waals surface area (Å²) in [6.07, 6.45) is 3.35. The molecule has 0 radical (unpaired) electrons. The van der Waals surface area contributed by atoms with Crippen LogP contribution in [0, 0.1) is 11.8 Å². The molecule has 3 unspecified atom stereocenters. The van der Waals surface area contributed by atoms with E-state index in [1.165, 1.54) is 19.5 Å². The van der Waals surface area contributed by atoms with Crippen LogP contribution in [0.15, 0.2) is 0 Å². The zero-order chi connectivity index (χ0) is 12.0. The van der Waals surface area contributed by atoms with E-state index in [1.54, 1.807) is 0 Å². The SMILES string of the molecule is CCC(CCO)CNC1CCN(C)CC1C. The molecule has 1 aliphatic rings. The number of nitrogens with one attached hydrogen (secondary N) is 1. The van der Waals surface area contributed by atoms with Gasteiger partial charge in [-0.1, -0.05) is 20.3 Å². The van der Waals surface area contributed by atoms with Gasteiger partial charge in [0.1, 0.15) is 0 Å². The zero-order valence-corrected chi connectivity index (χ0v) is 11.1. The molecule has 3 atom stereocenters. The van der Waals surface area contributed by atoms with Gasteiger partial charge in [0.2, 0.25) is 0 Å². The summed E-state index contributed by atoms with van der Waals surface area (Å²) in [6, 6.07) is 0.670. The maximum absolute atomic E-state index is 8.96. The molecule has 1 heterocycles. The molecule has 3 nitrogen and oxygen atoms in total. The Morgan fingerprint density at radius 1 is 1.50 bits per heavy atom. The number of likely N-dealkylation sites (tertiary alicyclic amines) is 1. The van der Waals surface area contributed by atoms with Gasteiger partial charge >= 0.3 is 0 Å². The number of aliphatic hydroxyl groups excluding tert-OH is 1. The van der Waals surface area contributed by atoms with Gasteiger partial charge in [-0.3, -0.25) is 0 Å². The smallest absolute Gasteiger partial charge is 0.0434 e. The Balaban J connectivity index is 2.25. The van der Waals surface area contributed by atoms with E-state index < -0.39 is 0 Å². The molecule has 1 rings (SSSR count). The van der Waals surface area contributed by atoms with Crippen molar-refractivity contribution in [3.05, 3.63) is 0 Å². The van der Waals surface area contributed by atoms with Gasteiger partial charge in [0.05, 0.1) is 0 Å². The van der Waals surface area contributed by atoms with Crippen LogP contribution in [0.4, 0.5) is 0 Å². The van der Waals surface area contributed by atoms with E-state index in [-0.39, 0.29) is 0 Å². The highest BCUT2D eigenvalue weighted by molar-refractivity contribution is 4.82. The zero-order valence-electron chi connectivity index (χ0n) is 11.1. The number of rotatable bonds is 6. The van der Waals surface area contributed by atoms with Crippen LogP contribution in [-0.2, 0) is 0 Å². The fraction of sp³-hybridized carbons (Fsp3) is 1.00. The lowest BCUT2D eigenvalue weighted by Gasteiger charge is -2.36. The van der Waals surface area contributed by atoms with Crippen LogP contribution in [0.1, 0.15) is 33.1 Å². The van der Waals surface area contributed by atoms with Crippen molar-refractivity contribution >= 4 is 0 Å². The molecule has 2 N–H and O–H groups in total. The fourth-order valence-corrected chi connectivity index (χ4v) is 2.61. The van der Waals surface area contributed by atoms with Crippen LogP contribution in [0.25, 0.3) is 0 Å². The molecule has 1 saturated heterocycles. The van der Waals surface area contributed by atoms with Crippen LogP contribution >= 0.6 is 0 Å². The Morgan fingerprint density at radius 2 is 2.25 bits per heavy atom. The summed E-state index contributed by atoms with van der Waals surface area (Å²) in [7, 11) is 2.20. The van der Waals surface area contributed by atoms with Gasteiger partial charge in [0, 0.05) is 19.2 Å². The highest BCUT2D eigenvalue weighted by atomic mass is 16.3. The largest absolute Gasteiger partial charge is 0.396 e. The lowest BCUT2D eigenvalue weighted by molar-refractivity contribution is 0.167. The minimum Gasteiger partial charge on any atom is -0.396 e. The Kier molecular flexibility index (Phi) is 6.32. The van der Waals surface area contributed by atoms with Crippen LogP contribution < -0.4 is 5.32 Å². The van der Waals surface area contributed by atoms with Gasteiger partial charge in [-0.25, -0.2) is 0 Å². The molecule has 16 heavy (non-hydrogen) atoms. The van der Waals surface area contributed by atoms with E-state index in [4.69, 9.17) is 5.11 Å². The summed E-state index contributed by atoms with van der Waals surface area (Å²) in [6.45, 7) is 8.34. The minimum absolute atomic E-state index is 0.323. The summed E-state index contributed by atoms with van der Waals surface area (Å²) in [5.74, 6) is 1.38. The Morgan fingerprint density at radius 3 is 2.81 bits per heavy atom. The van der Waals surface area contributed by atoms with Crippen molar-refractivity contribution < 1.29 is 5.11 Å². The fourth-order valence-electron chi connectivity index (χ4n) is 2.61. The highest BCUT2D eigenvalue weighted by Crippen LogP contribution is 2.16. The molecule has 0 bridgehead atoms. The molecule has 0 aliphatic carbocycles. The summed E-state index contributed by atoms with van der Waals surface area (Å²) in [4.78, 5) is 2.41. The maximum atomic E-state index is 8.96. The van der Waals surface area contributed by atoms with Crippen LogP contribution in [0.5, 0.6) is 0 Å². The lowest BCUT2D eigenvalue weighted by Crippen LogP contribution is -2.48. The molecule has 0 aromatic rings. The lowest BCUT2D eigenvalue weighted by atomic mass is 9.93. The second kappa shape index (κ2) is 7.25. The first kappa shape index (κ1) is 13.9. The second-order valence-electron chi connectivity index (χ2n) is 5.33. The Labute approximate surface area is 100 Å². The van der Waals surface area contributed by atoms with Crippen LogP contribution in [0.2, 0.25) is 0 Å². The molecule has 0 aromatic carbocycles. The second-order valence-corrected chi connectivity index (χ2v) is 5.33. The Bertz CT molecular complexity index is 187. The van der Waals surface area contributed by atoms with E-state index >= 15 is 0 Å². The third kappa shape index (κ3) is 4.40. The maximum Gasteiger partial charge on any atom is 0.0434 e. The van der Waals surface area contributed by atoms with E-state index in [2.05, 4.69) is 31.1 Å². The molecule has 3 heteroatoms. The highest BCUT2D eigenvalue weighted by Gasteiger charge is 2.23. The molecule has 0 amide bonds. The average Bonchev–Trinajstić information content (AvgIpc) is 2.26. The first-order valence-corrected chi connectivity index (χ1v) is 6.70. The van der Waals surface area contributed by atoms with Crippen molar-refractivity contribution in [2.45, 2.75) is 39.2 Å². The summed E-state index contributed by atoms with van der Waals surface area (Å²) in [5.41, 5.74) is 0. The normalized spacial score (nSPS) is 29.2. The van der Waals surface area contributed by atoms with Crippen molar-refractivity contribution in [3.8, 4) is 0 Å². The predicted molar refractivity (Wildman–Crippen MR) is 68.6 cm³/mol. The summed E-state index contributed by atoms with van der Waals surface area (Å²) in [5, 5.41) is 12.6. The summed E-state index contributed by atoms with van der Waals surface area (Å²) >= 11 is 0. The third-order valence-corrected chi connectivity index (χ3v) is 3.89. The van der Waals surface area contributed by atoms with Gasteiger partial charge in [0.25, 0.3) is 0 Å². The molecule has 0 saturated carbocycles. The van der Waals surface area contributed by atoms with E-state index in [9.17, 15) is 0 Å². The number of hydrogen-bond acceptors (Lipinski definition) is 3. The standard InChI is InChI=1S/C13H28N2O/c1-4-12(6-8-16)9-14-13-5-7-15(3)10-11(13)2/h11-14,16H,4-10H2,1-3H3. The molecule has 1 aliphatic heterocycles. The average molecular weight is 228 g/mol. The molecule has 0 aromatic heterocycles. The minimum atomic E-state index is 0.323. The van der Waals surface area contributed by atoms with Crippen LogP contribution in [-0.4, -0.2) is 49.3 Å². The van der Waals surface area contributed by atoms with Crippen molar-refractivity contribution in [2.24, 2.45) is 11.8 Å². The van der Waals surface area contributed by atoms with Gasteiger partial charge < -0.3 is 15.3 Å². The molecule has 0 spiro atoms. The predicted octanol–water partition coefficient (Wildman–Crippen LogP) is 1.32. The van der Waals surface area contributed by atoms with Crippen molar-refractivity contribution in [3.63, 3.8) is 0 Å². The quantitative estimate of drug-likeness (QED) is 0.720. The first-order valence-electron chi connectivity index (χ1n) is 6.70. The number of hydrogen-bond donors (Lipinski definition) is 2. The molecule has 96 valence electrons. The first-order chi connectivity index (χ1) is 7.67. The molecular weight excluding hydrogens is 200 g/mol. The van der Waals surface area contributed by atoms with E-state index in [0.29, 0.717) is 18.6 Å². The number of piperidine rings is 1. The van der Waals surface area contributed by atoms with Crippen LogP contribution in [0.3, 0.4) is 0 Å². The van der Waals surface area contributed by atoms with Gasteiger partial charge in [-0.2, -0.15) is 0 Å². The molecular formula is C13H28N2O. The molecule has 1 fully saturated rings. The number of aliphatic hydroxyl groups is 1. The van der Waals surface area contributed by atoms with Gasteiger partial charge in [0.15, 0.2) is 0 Å². The summed E-state index contributed by atoms with van der Waals surface area (Å²) < 4.78 is 0. The third-order valence-electron chi connectivity index (χ3n) is 3.89. The van der Waals surface area contributed by atoms with Crippen molar-refractivity contribution in [1.82, 2.24) is 10.2 Å². The topological polar surface area (TPSA) is 35.5 Å². The number of nitrogens with zero attached hydrogens (tertiary/aromatic N) is 1. The van der Waals surface area contributed by atoms with E-state index in [0.717, 1.165) is 25.3 Å². The van der Waals surface area contributed by atoms with Gasteiger partial charge in [-0.05, 0) is 44.8 Å². The van der Waals surface area contributed by atoms with E-state index in [1.807, 2.05) is 0 Å². The van der Waals surface area contributed by atoms with Gasteiger partial charge in [-0.15, -0.1) is 0 Å². The Hall–Kier alpha value is -0.120. The van der Waals surface area contributed by atoms with Crippen molar-refractivity contribution in [1.29, 1.82) is 0 Å². The monoisotopic (exact) mass is 228 g/mol. The van der Waals surface area contributed by atoms with Crippen molar-refractivity contribution in [2.75, 3.05) is 33.3 Å².